The minimum atomic E-state index is -3.65. The minimum Gasteiger partial charge on any atom is -0.319 e. The molecular weight excluding hydrogens is 344 g/mol. The van der Waals surface area contributed by atoms with Gasteiger partial charge in [-0.2, -0.15) is 0 Å². The lowest BCUT2D eigenvalue weighted by molar-refractivity contribution is 0.601. The molecule has 0 bridgehead atoms. The molecule has 0 fully saturated rings. The molecule has 0 spiro atoms. The van der Waals surface area contributed by atoms with Gasteiger partial charge in [0.25, 0.3) is 10.0 Å². The van der Waals surface area contributed by atoms with Crippen LogP contribution in [0.15, 0.2) is 65.6 Å². The van der Waals surface area contributed by atoms with Gasteiger partial charge >= 0.3 is 0 Å². The fourth-order valence-corrected chi connectivity index (χ4v) is 3.86. The van der Waals surface area contributed by atoms with Gasteiger partial charge in [0.1, 0.15) is 0 Å². The highest BCUT2D eigenvalue weighted by Crippen LogP contribution is 2.22. The summed E-state index contributed by atoms with van der Waals surface area (Å²) in [5.74, 6) is 0. The molecule has 24 heavy (non-hydrogen) atoms. The van der Waals surface area contributed by atoms with Crippen LogP contribution in [0.1, 0.15) is 11.4 Å². The summed E-state index contributed by atoms with van der Waals surface area (Å²) in [6, 6.07) is 17.5. The third kappa shape index (κ3) is 3.32. The van der Waals surface area contributed by atoms with Crippen molar-refractivity contribution in [3.05, 3.63) is 77.1 Å². The maximum Gasteiger partial charge on any atom is 0.261 e. The molecular formula is C18H17ClN2O2S. The molecule has 1 aromatic heterocycles. The van der Waals surface area contributed by atoms with Crippen molar-refractivity contribution in [2.24, 2.45) is 0 Å². The van der Waals surface area contributed by atoms with E-state index in [1.54, 1.807) is 48.5 Å². The van der Waals surface area contributed by atoms with Crippen molar-refractivity contribution in [2.75, 3.05) is 4.72 Å². The number of nitrogens with one attached hydrogen (secondary N) is 1. The van der Waals surface area contributed by atoms with Gasteiger partial charge in [-0.05, 0) is 68.4 Å². The molecule has 124 valence electrons. The second-order valence-electron chi connectivity index (χ2n) is 5.56. The van der Waals surface area contributed by atoms with Crippen LogP contribution < -0.4 is 4.72 Å². The Labute approximate surface area is 146 Å². The number of aryl methyl sites for hydroxylation is 2. The van der Waals surface area contributed by atoms with Crippen LogP contribution >= 0.6 is 11.6 Å². The Kier molecular flexibility index (Phi) is 4.39. The predicted octanol–water partition coefficient (Wildman–Crippen LogP) is 4.55. The van der Waals surface area contributed by atoms with Crippen molar-refractivity contribution in [1.29, 1.82) is 0 Å². The number of hydrogen-bond donors (Lipinski definition) is 1. The number of aromatic nitrogens is 1. The lowest BCUT2D eigenvalue weighted by Crippen LogP contribution is -2.13. The van der Waals surface area contributed by atoms with Gasteiger partial charge in [-0.3, -0.25) is 4.72 Å². The zero-order valence-electron chi connectivity index (χ0n) is 13.3. The van der Waals surface area contributed by atoms with Gasteiger partial charge in [0.2, 0.25) is 0 Å². The van der Waals surface area contributed by atoms with E-state index in [9.17, 15) is 8.42 Å². The Hall–Kier alpha value is -2.24. The average Bonchev–Trinajstić information content (AvgIpc) is 2.86. The van der Waals surface area contributed by atoms with Crippen molar-refractivity contribution in [1.82, 2.24) is 4.57 Å². The second-order valence-corrected chi connectivity index (χ2v) is 7.68. The van der Waals surface area contributed by atoms with Crippen molar-refractivity contribution in [2.45, 2.75) is 18.7 Å². The first-order valence-corrected chi connectivity index (χ1v) is 9.27. The van der Waals surface area contributed by atoms with Crippen molar-refractivity contribution >= 4 is 27.3 Å². The summed E-state index contributed by atoms with van der Waals surface area (Å²) in [4.78, 5) is 0.202. The monoisotopic (exact) mass is 360 g/mol. The molecule has 0 aliphatic heterocycles. The standard InChI is InChI=1S/C18H17ClN2O2S/c1-13-6-7-14(2)21(13)17-8-10-18(11-9-17)24(22,23)20-16-5-3-4-15(19)12-16/h3-12,20H,1-2H3. The quantitative estimate of drug-likeness (QED) is 0.742. The third-order valence-electron chi connectivity index (χ3n) is 3.75. The highest BCUT2D eigenvalue weighted by molar-refractivity contribution is 7.92. The van der Waals surface area contributed by atoms with Crippen LogP contribution in [0.4, 0.5) is 5.69 Å². The molecule has 0 saturated heterocycles. The van der Waals surface area contributed by atoms with E-state index >= 15 is 0 Å². The summed E-state index contributed by atoms with van der Waals surface area (Å²) in [5, 5.41) is 0.476. The van der Waals surface area contributed by atoms with Crippen LogP contribution in [0.25, 0.3) is 5.69 Å². The molecule has 6 heteroatoms. The largest absolute Gasteiger partial charge is 0.319 e. The second kappa shape index (κ2) is 6.34. The van der Waals surface area contributed by atoms with E-state index < -0.39 is 10.0 Å². The molecule has 0 radical (unpaired) electrons. The summed E-state index contributed by atoms with van der Waals surface area (Å²) >= 11 is 5.89. The average molecular weight is 361 g/mol. The van der Waals surface area contributed by atoms with Crippen molar-refractivity contribution < 1.29 is 8.42 Å². The third-order valence-corrected chi connectivity index (χ3v) is 5.39. The molecule has 0 aliphatic rings. The number of nitrogens with zero attached hydrogens (tertiary/aromatic N) is 1. The number of hydrogen-bond acceptors (Lipinski definition) is 2. The molecule has 0 saturated carbocycles. The maximum atomic E-state index is 12.5. The van der Waals surface area contributed by atoms with Gasteiger partial charge in [0, 0.05) is 22.1 Å². The zero-order chi connectivity index (χ0) is 17.3. The number of sulfonamides is 1. The van der Waals surface area contributed by atoms with Crippen molar-refractivity contribution in [3.63, 3.8) is 0 Å². The van der Waals surface area contributed by atoms with Crippen LogP contribution in [0.2, 0.25) is 5.02 Å². The summed E-state index contributed by atoms with van der Waals surface area (Å²) in [6.07, 6.45) is 0. The Morgan fingerprint density at radius 2 is 1.54 bits per heavy atom. The lowest BCUT2D eigenvalue weighted by atomic mass is 10.3. The normalized spacial score (nSPS) is 11.5. The smallest absolute Gasteiger partial charge is 0.261 e. The van der Waals surface area contributed by atoms with E-state index in [1.165, 1.54) is 0 Å². The number of benzene rings is 2. The van der Waals surface area contributed by atoms with Crippen LogP contribution in [-0.4, -0.2) is 13.0 Å². The first kappa shape index (κ1) is 16.6. The zero-order valence-corrected chi connectivity index (χ0v) is 14.9. The number of rotatable bonds is 4. The lowest BCUT2D eigenvalue weighted by Gasteiger charge is -2.12. The summed E-state index contributed by atoms with van der Waals surface area (Å²) in [7, 11) is -3.65. The van der Waals surface area contributed by atoms with Gasteiger partial charge in [-0.25, -0.2) is 8.42 Å². The van der Waals surface area contributed by atoms with Gasteiger partial charge in [-0.1, -0.05) is 17.7 Å². The summed E-state index contributed by atoms with van der Waals surface area (Å²) < 4.78 is 29.6. The highest BCUT2D eigenvalue weighted by Gasteiger charge is 2.15. The van der Waals surface area contributed by atoms with E-state index in [-0.39, 0.29) is 4.90 Å². The van der Waals surface area contributed by atoms with Crippen LogP contribution in [-0.2, 0) is 10.0 Å². The number of halogens is 1. The Morgan fingerprint density at radius 1 is 0.917 bits per heavy atom. The molecule has 4 nitrogen and oxygen atoms in total. The van der Waals surface area contributed by atoms with Crippen LogP contribution in [0.5, 0.6) is 0 Å². The molecule has 0 atom stereocenters. The first-order valence-electron chi connectivity index (χ1n) is 7.40. The molecule has 1 heterocycles. The summed E-state index contributed by atoms with van der Waals surface area (Å²) in [6.45, 7) is 4.02. The highest BCUT2D eigenvalue weighted by atomic mass is 35.5. The molecule has 0 aliphatic carbocycles. The Bertz CT molecular complexity index is 957. The maximum absolute atomic E-state index is 12.5. The fraction of sp³-hybridized carbons (Fsp3) is 0.111. The Balaban J connectivity index is 1.90. The molecule has 3 aromatic rings. The van der Waals surface area contributed by atoms with Gasteiger partial charge < -0.3 is 4.57 Å². The van der Waals surface area contributed by atoms with Crippen LogP contribution in [0.3, 0.4) is 0 Å². The minimum absolute atomic E-state index is 0.202. The van der Waals surface area contributed by atoms with Crippen LogP contribution in [0, 0.1) is 13.8 Å². The SMILES string of the molecule is Cc1ccc(C)n1-c1ccc(S(=O)(=O)Nc2cccc(Cl)c2)cc1. The predicted molar refractivity (Wildman–Crippen MR) is 97.5 cm³/mol. The van der Waals surface area contributed by atoms with Gasteiger partial charge in [0.05, 0.1) is 10.6 Å². The first-order chi connectivity index (χ1) is 11.4. The number of anilines is 1. The molecule has 0 unspecified atom stereocenters. The Morgan fingerprint density at radius 3 is 2.12 bits per heavy atom. The molecule has 0 amide bonds. The molecule has 1 N–H and O–H groups in total. The van der Waals surface area contributed by atoms with E-state index in [4.69, 9.17) is 11.6 Å². The fourth-order valence-electron chi connectivity index (χ4n) is 2.62. The van der Waals surface area contributed by atoms with Crippen molar-refractivity contribution in [3.8, 4) is 5.69 Å². The van der Waals surface area contributed by atoms with Gasteiger partial charge in [0.15, 0.2) is 0 Å². The van der Waals surface area contributed by atoms with E-state index in [0.717, 1.165) is 17.1 Å². The molecule has 2 aromatic carbocycles. The van der Waals surface area contributed by atoms with E-state index in [0.29, 0.717) is 10.7 Å². The van der Waals surface area contributed by atoms with E-state index in [2.05, 4.69) is 9.29 Å². The summed E-state index contributed by atoms with van der Waals surface area (Å²) in [5.41, 5.74) is 3.56. The topological polar surface area (TPSA) is 51.1 Å². The van der Waals surface area contributed by atoms with E-state index in [1.807, 2.05) is 26.0 Å². The van der Waals surface area contributed by atoms with Gasteiger partial charge in [-0.15, -0.1) is 0 Å². The molecule has 3 rings (SSSR count).